The van der Waals surface area contributed by atoms with Crippen LogP contribution in [-0.4, -0.2) is 32.0 Å². The molecule has 0 atom stereocenters. The Bertz CT molecular complexity index is 856. The number of pyridine rings is 1. The number of aromatic nitrogens is 3. The van der Waals surface area contributed by atoms with Crippen LogP contribution in [0.15, 0.2) is 48.7 Å². The minimum atomic E-state index is -0.177. The Balaban J connectivity index is 1.50. The second-order valence-corrected chi connectivity index (χ2v) is 8.18. The third kappa shape index (κ3) is 3.14. The number of hydrogen-bond donors (Lipinski definition) is 1. The summed E-state index contributed by atoms with van der Waals surface area (Å²) in [4.78, 5) is 12.4. The van der Waals surface area contributed by atoms with E-state index in [9.17, 15) is 4.79 Å². The van der Waals surface area contributed by atoms with Crippen molar-refractivity contribution in [2.75, 3.05) is 16.8 Å². The normalized spacial score (nSPS) is 15.5. The number of hydrogen-bond acceptors (Lipinski definition) is 5. The van der Waals surface area contributed by atoms with Gasteiger partial charge in [-0.3, -0.25) is 14.5 Å². The Hall–Kier alpha value is -1.99. The van der Waals surface area contributed by atoms with Crippen molar-refractivity contribution >= 4 is 41.0 Å². The van der Waals surface area contributed by atoms with Crippen molar-refractivity contribution in [2.45, 2.75) is 11.0 Å². The summed E-state index contributed by atoms with van der Waals surface area (Å²) in [5, 5.41) is 10.9. The molecule has 3 heterocycles. The van der Waals surface area contributed by atoms with Gasteiger partial charge in [0.1, 0.15) is 0 Å². The predicted octanol–water partition coefficient (Wildman–Crippen LogP) is 3.85. The summed E-state index contributed by atoms with van der Waals surface area (Å²) < 4.78 is 2.23. The van der Waals surface area contributed by atoms with Crippen LogP contribution in [0.3, 0.4) is 0 Å². The first-order valence-electron chi connectivity index (χ1n) is 7.75. The minimum Gasteiger partial charge on any atom is -0.290 e. The minimum absolute atomic E-state index is 0.177. The van der Waals surface area contributed by atoms with Gasteiger partial charge in [0, 0.05) is 11.8 Å². The van der Waals surface area contributed by atoms with Crippen molar-refractivity contribution in [3.05, 3.63) is 59.8 Å². The van der Waals surface area contributed by atoms with E-state index in [1.54, 1.807) is 4.40 Å². The Labute approximate surface area is 148 Å². The monoisotopic (exact) mass is 356 g/mol. The molecule has 1 aliphatic heterocycles. The largest absolute Gasteiger partial charge is 0.290 e. The number of rotatable bonds is 3. The zero-order chi connectivity index (χ0) is 16.4. The second-order valence-electron chi connectivity index (χ2n) is 5.46. The summed E-state index contributed by atoms with van der Waals surface area (Å²) in [5.74, 6) is 2.67. The highest BCUT2D eigenvalue weighted by Crippen LogP contribution is 2.43. The number of carbonyl (C=O) groups excluding carboxylic acids is 1. The summed E-state index contributed by atoms with van der Waals surface area (Å²) in [6.07, 6.45) is 3.10. The fourth-order valence-corrected chi connectivity index (χ4v) is 5.47. The lowest BCUT2D eigenvalue weighted by atomic mass is 10.1. The van der Waals surface area contributed by atoms with Gasteiger partial charge in [-0.1, -0.05) is 18.2 Å². The highest BCUT2D eigenvalue weighted by Gasteiger charge is 2.17. The fraction of sp³-hybridized carbons (Fsp3) is 0.235. The van der Waals surface area contributed by atoms with Crippen LogP contribution in [0.4, 0.5) is 5.95 Å². The second kappa shape index (κ2) is 6.86. The molecule has 24 heavy (non-hydrogen) atoms. The molecule has 1 aromatic carbocycles. The van der Waals surface area contributed by atoms with E-state index in [0.717, 1.165) is 0 Å². The first-order chi connectivity index (χ1) is 11.8. The number of nitrogens with zero attached hydrogens (tertiary/aromatic N) is 3. The number of amides is 1. The van der Waals surface area contributed by atoms with Crippen molar-refractivity contribution in [1.29, 1.82) is 0 Å². The first kappa shape index (κ1) is 15.5. The topological polar surface area (TPSA) is 59.3 Å². The molecule has 2 aromatic heterocycles. The predicted molar refractivity (Wildman–Crippen MR) is 99.7 cm³/mol. The number of benzene rings is 1. The average molecular weight is 356 g/mol. The lowest BCUT2D eigenvalue weighted by Crippen LogP contribution is -2.14. The Morgan fingerprint density at radius 2 is 1.88 bits per heavy atom. The molecule has 0 aliphatic carbocycles. The third-order valence-electron chi connectivity index (χ3n) is 3.81. The number of fused-ring (bicyclic) bond motifs is 1. The van der Waals surface area contributed by atoms with Crippen molar-refractivity contribution in [3.63, 3.8) is 0 Å². The van der Waals surface area contributed by atoms with Crippen LogP contribution in [0.1, 0.15) is 26.9 Å². The number of thioether (sulfide) groups is 2. The SMILES string of the molecule is O=C(Nc1nnc2ccccn12)c1ccc(C2SCCCS2)cc1. The molecule has 1 saturated heterocycles. The van der Waals surface area contributed by atoms with E-state index < -0.39 is 0 Å². The van der Waals surface area contributed by atoms with Gasteiger partial charge in [-0.05, 0) is 47.8 Å². The number of carbonyl (C=O) groups is 1. The number of anilines is 1. The Kier molecular flexibility index (Phi) is 4.44. The highest BCUT2D eigenvalue weighted by atomic mass is 32.2. The fourth-order valence-electron chi connectivity index (χ4n) is 2.57. The van der Waals surface area contributed by atoms with Crippen LogP contribution in [0.25, 0.3) is 5.65 Å². The van der Waals surface area contributed by atoms with Gasteiger partial charge in [-0.25, -0.2) is 0 Å². The molecule has 1 N–H and O–H groups in total. The van der Waals surface area contributed by atoms with Gasteiger partial charge in [0.05, 0.1) is 4.58 Å². The number of nitrogens with one attached hydrogen (secondary N) is 1. The summed E-state index contributed by atoms with van der Waals surface area (Å²) in [7, 11) is 0. The summed E-state index contributed by atoms with van der Waals surface area (Å²) in [6.45, 7) is 0. The van der Waals surface area contributed by atoms with E-state index in [0.29, 0.717) is 21.7 Å². The van der Waals surface area contributed by atoms with Gasteiger partial charge in [-0.2, -0.15) is 0 Å². The van der Waals surface area contributed by atoms with Crippen LogP contribution in [0.2, 0.25) is 0 Å². The molecule has 1 amide bonds. The summed E-state index contributed by atoms with van der Waals surface area (Å²) in [5.41, 5.74) is 2.60. The smallest absolute Gasteiger partial charge is 0.258 e. The maximum atomic E-state index is 12.4. The molecule has 0 radical (unpaired) electrons. The molecule has 0 spiro atoms. The molecule has 1 fully saturated rings. The van der Waals surface area contributed by atoms with E-state index in [1.807, 2.05) is 72.2 Å². The van der Waals surface area contributed by atoms with Crippen LogP contribution in [0.5, 0.6) is 0 Å². The molecule has 7 heteroatoms. The lowest BCUT2D eigenvalue weighted by molar-refractivity contribution is 0.102. The van der Waals surface area contributed by atoms with Crippen molar-refractivity contribution in [2.24, 2.45) is 0 Å². The highest BCUT2D eigenvalue weighted by molar-refractivity contribution is 8.16. The molecule has 122 valence electrons. The lowest BCUT2D eigenvalue weighted by Gasteiger charge is -2.21. The molecule has 0 bridgehead atoms. The van der Waals surface area contributed by atoms with Gasteiger partial charge in [0.25, 0.3) is 5.91 Å². The average Bonchev–Trinajstić information content (AvgIpc) is 3.06. The zero-order valence-electron chi connectivity index (χ0n) is 12.9. The van der Waals surface area contributed by atoms with E-state index in [-0.39, 0.29) is 5.91 Å². The van der Waals surface area contributed by atoms with E-state index in [2.05, 4.69) is 15.5 Å². The van der Waals surface area contributed by atoms with Crippen molar-refractivity contribution in [3.8, 4) is 0 Å². The summed E-state index contributed by atoms with van der Waals surface area (Å²) in [6, 6.07) is 13.5. The van der Waals surface area contributed by atoms with Gasteiger partial charge in [-0.15, -0.1) is 33.7 Å². The van der Waals surface area contributed by atoms with Crippen LogP contribution in [0, 0.1) is 0 Å². The maximum absolute atomic E-state index is 12.4. The molecule has 0 saturated carbocycles. The molecule has 4 rings (SSSR count). The Morgan fingerprint density at radius 3 is 2.67 bits per heavy atom. The molecular formula is C17H16N4OS2. The van der Waals surface area contributed by atoms with Gasteiger partial charge in [0.15, 0.2) is 5.65 Å². The quantitative estimate of drug-likeness (QED) is 0.772. The van der Waals surface area contributed by atoms with E-state index in [1.165, 1.54) is 23.5 Å². The van der Waals surface area contributed by atoms with Crippen LogP contribution >= 0.6 is 23.5 Å². The maximum Gasteiger partial charge on any atom is 0.258 e. The summed E-state index contributed by atoms with van der Waals surface area (Å²) >= 11 is 3.95. The molecule has 5 nitrogen and oxygen atoms in total. The molecule has 3 aromatic rings. The Morgan fingerprint density at radius 1 is 1.08 bits per heavy atom. The van der Waals surface area contributed by atoms with Gasteiger partial charge >= 0.3 is 0 Å². The standard InChI is InChI=1S/C17H16N4OS2/c22-15(18-17-20-19-14-4-1-2-9-21(14)17)12-5-7-13(8-6-12)16-23-10-3-11-24-16/h1-2,4-9,16H,3,10-11H2,(H,18,20,22). The van der Waals surface area contributed by atoms with Crippen molar-refractivity contribution < 1.29 is 4.79 Å². The van der Waals surface area contributed by atoms with E-state index >= 15 is 0 Å². The van der Waals surface area contributed by atoms with Crippen LogP contribution in [-0.2, 0) is 0 Å². The van der Waals surface area contributed by atoms with Gasteiger partial charge < -0.3 is 0 Å². The first-order valence-corrected chi connectivity index (χ1v) is 9.85. The zero-order valence-corrected chi connectivity index (χ0v) is 14.5. The van der Waals surface area contributed by atoms with E-state index in [4.69, 9.17) is 0 Å². The molecule has 0 unspecified atom stereocenters. The van der Waals surface area contributed by atoms with Crippen LogP contribution < -0.4 is 5.32 Å². The molecular weight excluding hydrogens is 340 g/mol. The molecule has 1 aliphatic rings. The van der Waals surface area contributed by atoms with Crippen molar-refractivity contribution in [1.82, 2.24) is 14.6 Å². The third-order valence-corrected chi connectivity index (χ3v) is 6.83. The van der Waals surface area contributed by atoms with Gasteiger partial charge in [0.2, 0.25) is 5.95 Å².